The molecule has 0 saturated heterocycles. The van der Waals surface area contributed by atoms with Gasteiger partial charge in [-0.1, -0.05) is 11.6 Å². The molecule has 5 heteroatoms. The van der Waals surface area contributed by atoms with Crippen LogP contribution in [0.2, 0.25) is 5.02 Å². The average Bonchev–Trinajstić information content (AvgIpc) is 1.93. The molecule has 0 amide bonds. The van der Waals surface area contributed by atoms with E-state index < -0.39 is 16.4 Å². The molecule has 0 atom stereocenters. The summed E-state index contributed by atoms with van der Waals surface area (Å²) in [7, 11) is 0. The second-order valence-corrected chi connectivity index (χ2v) is 2.83. The number of halogens is 3. The molecule has 1 heterocycles. The highest BCUT2D eigenvalue weighted by atomic mass is 79.9. The Morgan fingerprint density at radius 1 is 1.70 bits per heavy atom. The van der Waals surface area contributed by atoms with E-state index >= 15 is 0 Å². The van der Waals surface area contributed by atoms with Crippen molar-refractivity contribution in [3.05, 3.63) is 31.9 Å². The Morgan fingerprint density at radius 3 is 2.80 bits per heavy atom. The number of aromatic nitrogens is 1. The van der Waals surface area contributed by atoms with Crippen molar-refractivity contribution < 1.29 is 4.39 Å². The molecule has 0 saturated carbocycles. The maximum atomic E-state index is 12.4. The van der Waals surface area contributed by atoms with Crippen molar-refractivity contribution in [1.29, 1.82) is 0 Å². The molecule has 0 aliphatic rings. The van der Waals surface area contributed by atoms with Gasteiger partial charge in [0.05, 0.1) is 4.47 Å². The Kier molecular flexibility index (Phi) is 2.11. The molecule has 0 radical (unpaired) electrons. The fraction of sp³-hybridized carbons (Fsp3) is 0. The first-order valence-corrected chi connectivity index (χ1v) is 3.52. The van der Waals surface area contributed by atoms with Gasteiger partial charge < -0.3 is 4.98 Å². The summed E-state index contributed by atoms with van der Waals surface area (Å²) < 4.78 is 12.6. The molecule has 0 aromatic carbocycles. The van der Waals surface area contributed by atoms with Gasteiger partial charge in [0.1, 0.15) is 5.02 Å². The molecule has 2 nitrogen and oxygen atoms in total. The topological polar surface area (TPSA) is 32.9 Å². The quantitative estimate of drug-likeness (QED) is 0.674. The number of rotatable bonds is 0. The number of aromatic amines is 1. The van der Waals surface area contributed by atoms with E-state index in [0.29, 0.717) is 0 Å². The van der Waals surface area contributed by atoms with Crippen molar-refractivity contribution in [3.63, 3.8) is 0 Å². The van der Waals surface area contributed by atoms with E-state index in [4.69, 9.17) is 11.6 Å². The van der Waals surface area contributed by atoms with Crippen molar-refractivity contribution in [2.45, 2.75) is 0 Å². The van der Waals surface area contributed by atoms with Crippen LogP contribution in [-0.2, 0) is 0 Å². The van der Waals surface area contributed by atoms with Crippen LogP contribution in [0.25, 0.3) is 0 Å². The molecule has 0 bridgehead atoms. The largest absolute Gasteiger partial charge is 0.336 e. The molecule has 1 rings (SSSR count). The summed E-state index contributed by atoms with van der Waals surface area (Å²) in [5.41, 5.74) is -0.544. The van der Waals surface area contributed by atoms with Gasteiger partial charge in [0.2, 0.25) is 11.4 Å². The third-order valence-corrected chi connectivity index (χ3v) is 1.86. The van der Waals surface area contributed by atoms with Crippen LogP contribution >= 0.6 is 27.5 Å². The van der Waals surface area contributed by atoms with Crippen LogP contribution in [0.3, 0.4) is 0 Å². The predicted molar refractivity (Wildman–Crippen MR) is 39.7 cm³/mol. The number of nitrogens with one attached hydrogen (secondary N) is 1. The molecular formula is C5H2BrClFNO. The van der Waals surface area contributed by atoms with Crippen molar-refractivity contribution in [3.8, 4) is 0 Å². The van der Waals surface area contributed by atoms with Crippen molar-refractivity contribution in [2.75, 3.05) is 0 Å². The molecule has 54 valence electrons. The van der Waals surface area contributed by atoms with E-state index in [0.717, 1.165) is 0 Å². The fourth-order valence-electron chi connectivity index (χ4n) is 0.460. The minimum absolute atomic E-state index is 0.221. The maximum absolute atomic E-state index is 12.4. The first kappa shape index (κ1) is 7.75. The number of pyridine rings is 1. The van der Waals surface area contributed by atoms with Crippen LogP contribution in [0.4, 0.5) is 4.39 Å². The minimum Gasteiger partial charge on any atom is -0.336 e. The summed E-state index contributed by atoms with van der Waals surface area (Å²) in [5.74, 6) is -0.810. The van der Waals surface area contributed by atoms with Crippen LogP contribution < -0.4 is 5.43 Å². The Balaban J connectivity index is 3.50. The second kappa shape index (κ2) is 2.72. The van der Waals surface area contributed by atoms with E-state index in [1.54, 1.807) is 0 Å². The van der Waals surface area contributed by atoms with E-state index in [1.807, 2.05) is 0 Å². The molecule has 0 fully saturated rings. The molecular weight excluding hydrogens is 224 g/mol. The predicted octanol–water partition coefficient (Wildman–Crippen LogP) is 1.93. The molecule has 0 unspecified atom stereocenters. The minimum atomic E-state index is -0.810. The van der Waals surface area contributed by atoms with Crippen molar-refractivity contribution >= 4 is 27.5 Å². The third-order valence-electron chi connectivity index (χ3n) is 0.935. The standard InChI is InChI=1S/C5H2BrClFNO/c6-2-1-9-5(8)3(7)4(2)10/h1H,(H,9,10). The van der Waals surface area contributed by atoms with E-state index in [1.165, 1.54) is 6.20 Å². The average molecular weight is 226 g/mol. The van der Waals surface area contributed by atoms with Crippen molar-refractivity contribution in [1.82, 2.24) is 4.98 Å². The molecule has 1 aromatic rings. The SMILES string of the molecule is O=c1c(Br)c[nH]c(F)c1Cl. The smallest absolute Gasteiger partial charge is 0.217 e. The van der Waals surface area contributed by atoms with Gasteiger partial charge in [-0.25, -0.2) is 0 Å². The summed E-state index contributed by atoms with van der Waals surface area (Å²) in [6.07, 6.45) is 1.20. The molecule has 0 spiro atoms. The summed E-state index contributed by atoms with van der Waals surface area (Å²) in [5, 5.41) is -0.422. The van der Waals surface area contributed by atoms with E-state index in [9.17, 15) is 9.18 Å². The lowest BCUT2D eigenvalue weighted by Crippen LogP contribution is -2.05. The van der Waals surface area contributed by atoms with Gasteiger partial charge in [0.25, 0.3) is 0 Å². The second-order valence-electron chi connectivity index (χ2n) is 1.59. The summed E-state index contributed by atoms with van der Waals surface area (Å²) in [6, 6.07) is 0. The highest BCUT2D eigenvalue weighted by molar-refractivity contribution is 9.10. The molecule has 0 aliphatic heterocycles. The molecule has 1 aromatic heterocycles. The Hall–Kier alpha value is -0.350. The Labute approximate surface area is 69.1 Å². The number of H-pyrrole nitrogens is 1. The monoisotopic (exact) mass is 225 g/mol. The van der Waals surface area contributed by atoms with Crippen LogP contribution in [-0.4, -0.2) is 4.98 Å². The van der Waals surface area contributed by atoms with Crippen LogP contribution in [0.15, 0.2) is 15.5 Å². The molecule has 1 N–H and O–H groups in total. The number of hydrogen-bond acceptors (Lipinski definition) is 1. The highest BCUT2D eigenvalue weighted by Crippen LogP contribution is 2.09. The zero-order chi connectivity index (χ0) is 7.72. The van der Waals surface area contributed by atoms with Gasteiger partial charge in [-0.05, 0) is 15.9 Å². The first-order chi connectivity index (χ1) is 4.63. The van der Waals surface area contributed by atoms with Gasteiger partial charge in [-0.2, -0.15) is 4.39 Å². The summed E-state index contributed by atoms with van der Waals surface area (Å²) >= 11 is 8.12. The van der Waals surface area contributed by atoms with Crippen LogP contribution in [0.1, 0.15) is 0 Å². The van der Waals surface area contributed by atoms with Gasteiger partial charge in [-0.15, -0.1) is 0 Å². The van der Waals surface area contributed by atoms with Gasteiger partial charge in [0.15, 0.2) is 0 Å². The Bertz CT molecular complexity index is 311. The number of hydrogen-bond donors (Lipinski definition) is 1. The van der Waals surface area contributed by atoms with Crippen LogP contribution in [0.5, 0.6) is 0 Å². The molecule has 10 heavy (non-hydrogen) atoms. The highest BCUT2D eigenvalue weighted by Gasteiger charge is 2.05. The van der Waals surface area contributed by atoms with E-state index in [2.05, 4.69) is 20.9 Å². The normalized spacial score (nSPS) is 9.90. The summed E-state index contributed by atoms with van der Waals surface area (Å²) in [6.45, 7) is 0. The lowest BCUT2D eigenvalue weighted by atomic mass is 10.5. The fourth-order valence-corrected chi connectivity index (χ4v) is 1.04. The zero-order valence-corrected chi connectivity index (χ0v) is 6.96. The van der Waals surface area contributed by atoms with E-state index in [-0.39, 0.29) is 4.47 Å². The van der Waals surface area contributed by atoms with Gasteiger partial charge in [-0.3, -0.25) is 4.79 Å². The lowest BCUT2D eigenvalue weighted by molar-refractivity contribution is 0.582. The van der Waals surface area contributed by atoms with Gasteiger partial charge in [0, 0.05) is 6.20 Å². The first-order valence-electron chi connectivity index (χ1n) is 2.35. The van der Waals surface area contributed by atoms with Crippen molar-refractivity contribution in [2.24, 2.45) is 0 Å². The zero-order valence-electron chi connectivity index (χ0n) is 4.62. The third kappa shape index (κ3) is 1.22. The van der Waals surface area contributed by atoms with Gasteiger partial charge >= 0.3 is 0 Å². The lowest BCUT2D eigenvalue weighted by Gasteiger charge is -1.92. The summed E-state index contributed by atoms with van der Waals surface area (Å²) in [4.78, 5) is 12.9. The van der Waals surface area contributed by atoms with Crippen LogP contribution in [0, 0.1) is 5.95 Å². The Morgan fingerprint density at radius 2 is 2.30 bits per heavy atom. The maximum Gasteiger partial charge on any atom is 0.217 e. The molecule has 0 aliphatic carbocycles.